The standard InChI is InChI=1S/C11H19N3S2/c1-8-11(9(2)14-13-8)6-12-5-10-7-15-3-4-16-10/h10,12H,3-7H2,1-2H3,(H,13,14). The van der Waals surface area contributed by atoms with E-state index >= 15 is 0 Å². The van der Waals surface area contributed by atoms with Crippen molar-refractivity contribution >= 4 is 23.5 Å². The Labute approximate surface area is 106 Å². The van der Waals surface area contributed by atoms with Gasteiger partial charge in [-0.2, -0.15) is 28.6 Å². The van der Waals surface area contributed by atoms with Crippen molar-refractivity contribution in [3.63, 3.8) is 0 Å². The van der Waals surface area contributed by atoms with Gasteiger partial charge in [0.1, 0.15) is 0 Å². The fraction of sp³-hybridized carbons (Fsp3) is 0.727. The highest BCUT2D eigenvalue weighted by Crippen LogP contribution is 2.23. The summed E-state index contributed by atoms with van der Waals surface area (Å²) in [5, 5.41) is 11.6. The van der Waals surface area contributed by atoms with Crippen LogP contribution in [-0.4, -0.2) is 39.3 Å². The highest BCUT2D eigenvalue weighted by molar-refractivity contribution is 8.06. The van der Waals surface area contributed by atoms with Crippen LogP contribution in [0.2, 0.25) is 0 Å². The van der Waals surface area contributed by atoms with Gasteiger partial charge in [0, 0.05) is 46.9 Å². The third-order valence-corrected chi connectivity index (χ3v) is 5.68. The molecule has 1 saturated heterocycles. The minimum atomic E-state index is 0.784. The van der Waals surface area contributed by atoms with E-state index < -0.39 is 0 Å². The zero-order valence-electron chi connectivity index (χ0n) is 9.88. The van der Waals surface area contributed by atoms with E-state index in [0.717, 1.165) is 24.0 Å². The average molecular weight is 257 g/mol. The van der Waals surface area contributed by atoms with Crippen molar-refractivity contribution in [1.82, 2.24) is 15.5 Å². The molecule has 0 spiro atoms. The number of H-pyrrole nitrogens is 1. The monoisotopic (exact) mass is 257 g/mol. The number of aromatic amines is 1. The molecule has 0 amide bonds. The quantitative estimate of drug-likeness (QED) is 0.865. The zero-order valence-corrected chi connectivity index (χ0v) is 11.5. The maximum absolute atomic E-state index is 4.21. The summed E-state index contributed by atoms with van der Waals surface area (Å²) in [6.07, 6.45) is 0. The molecule has 1 fully saturated rings. The summed E-state index contributed by atoms with van der Waals surface area (Å²) in [6.45, 7) is 6.20. The lowest BCUT2D eigenvalue weighted by Crippen LogP contribution is -2.28. The van der Waals surface area contributed by atoms with Crippen molar-refractivity contribution in [3.05, 3.63) is 17.0 Å². The van der Waals surface area contributed by atoms with Crippen molar-refractivity contribution in [2.75, 3.05) is 23.8 Å². The minimum Gasteiger partial charge on any atom is -0.311 e. The maximum Gasteiger partial charge on any atom is 0.0638 e. The van der Waals surface area contributed by atoms with E-state index in [-0.39, 0.29) is 0 Å². The van der Waals surface area contributed by atoms with Crippen LogP contribution < -0.4 is 5.32 Å². The number of hydrogen-bond donors (Lipinski definition) is 2. The summed E-state index contributed by atoms with van der Waals surface area (Å²) in [5.74, 6) is 3.92. The summed E-state index contributed by atoms with van der Waals surface area (Å²) in [5.41, 5.74) is 3.64. The van der Waals surface area contributed by atoms with Crippen LogP contribution in [0, 0.1) is 13.8 Å². The fourth-order valence-electron chi connectivity index (χ4n) is 1.85. The Hall–Kier alpha value is -0.130. The average Bonchev–Trinajstić information content (AvgIpc) is 2.62. The van der Waals surface area contributed by atoms with E-state index in [2.05, 4.69) is 52.9 Å². The van der Waals surface area contributed by atoms with Gasteiger partial charge in [-0.1, -0.05) is 0 Å². The molecule has 1 atom stereocenters. The van der Waals surface area contributed by atoms with Crippen molar-refractivity contribution in [3.8, 4) is 0 Å². The molecular weight excluding hydrogens is 238 g/mol. The number of rotatable bonds is 4. The second kappa shape index (κ2) is 5.98. The van der Waals surface area contributed by atoms with Gasteiger partial charge < -0.3 is 5.32 Å². The highest BCUT2D eigenvalue weighted by atomic mass is 32.2. The first-order valence-electron chi connectivity index (χ1n) is 5.68. The molecule has 1 aromatic rings. The molecule has 3 nitrogen and oxygen atoms in total. The summed E-state index contributed by atoms with van der Waals surface area (Å²) in [4.78, 5) is 0. The lowest BCUT2D eigenvalue weighted by Gasteiger charge is -2.21. The molecule has 2 N–H and O–H groups in total. The number of aryl methyl sites for hydroxylation is 2. The van der Waals surface area contributed by atoms with Crippen LogP contribution in [0.4, 0.5) is 0 Å². The molecule has 0 bridgehead atoms. The molecule has 0 saturated carbocycles. The first-order chi connectivity index (χ1) is 7.77. The van der Waals surface area contributed by atoms with Crippen molar-refractivity contribution in [2.45, 2.75) is 25.6 Å². The molecule has 1 aromatic heterocycles. The summed E-state index contributed by atoms with van der Waals surface area (Å²) in [7, 11) is 0. The highest BCUT2D eigenvalue weighted by Gasteiger charge is 2.14. The third kappa shape index (κ3) is 3.18. The minimum absolute atomic E-state index is 0.784. The predicted molar refractivity (Wildman–Crippen MR) is 73.3 cm³/mol. The Balaban J connectivity index is 1.75. The summed E-state index contributed by atoms with van der Waals surface area (Å²) in [6, 6.07) is 0. The van der Waals surface area contributed by atoms with E-state index in [1.807, 2.05) is 0 Å². The largest absolute Gasteiger partial charge is 0.311 e. The molecule has 0 radical (unpaired) electrons. The van der Waals surface area contributed by atoms with Gasteiger partial charge in [0.25, 0.3) is 0 Å². The Morgan fingerprint density at radius 3 is 2.94 bits per heavy atom. The molecule has 90 valence electrons. The molecule has 2 heterocycles. The van der Waals surface area contributed by atoms with E-state index in [9.17, 15) is 0 Å². The molecule has 1 aliphatic heterocycles. The molecule has 1 unspecified atom stereocenters. The molecule has 5 heteroatoms. The first-order valence-corrected chi connectivity index (χ1v) is 7.88. The van der Waals surface area contributed by atoms with Crippen molar-refractivity contribution in [2.24, 2.45) is 0 Å². The third-order valence-electron chi connectivity index (χ3n) is 2.84. The summed E-state index contributed by atoms with van der Waals surface area (Å²) >= 11 is 4.18. The van der Waals surface area contributed by atoms with Crippen LogP contribution >= 0.6 is 23.5 Å². The van der Waals surface area contributed by atoms with Crippen LogP contribution in [0.15, 0.2) is 0 Å². The van der Waals surface area contributed by atoms with Gasteiger partial charge in [-0.15, -0.1) is 0 Å². The van der Waals surface area contributed by atoms with Gasteiger partial charge in [-0.05, 0) is 13.8 Å². The molecule has 0 aliphatic carbocycles. The number of hydrogen-bond acceptors (Lipinski definition) is 4. The fourth-order valence-corrected chi connectivity index (χ4v) is 4.49. The Kier molecular flexibility index (Phi) is 4.61. The Morgan fingerprint density at radius 2 is 2.31 bits per heavy atom. The molecule has 2 rings (SSSR count). The number of thioether (sulfide) groups is 2. The summed E-state index contributed by atoms with van der Waals surface area (Å²) < 4.78 is 0. The zero-order chi connectivity index (χ0) is 11.4. The smallest absolute Gasteiger partial charge is 0.0638 e. The number of nitrogens with one attached hydrogen (secondary N) is 2. The second-order valence-electron chi connectivity index (χ2n) is 4.11. The maximum atomic E-state index is 4.21. The van der Waals surface area contributed by atoms with Crippen LogP contribution in [0.25, 0.3) is 0 Å². The number of nitrogens with zero attached hydrogens (tertiary/aromatic N) is 1. The van der Waals surface area contributed by atoms with Gasteiger partial charge in [-0.25, -0.2) is 0 Å². The number of aromatic nitrogens is 2. The normalized spacial score (nSPS) is 21.2. The van der Waals surface area contributed by atoms with Crippen molar-refractivity contribution in [1.29, 1.82) is 0 Å². The van der Waals surface area contributed by atoms with Crippen LogP contribution in [-0.2, 0) is 6.54 Å². The van der Waals surface area contributed by atoms with Gasteiger partial charge in [-0.3, -0.25) is 5.10 Å². The van der Waals surface area contributed by atoms with E-state index in [0.29, 0.717) is 0 Å². The van der Waals surface area contributed by atoms with Gasteiger partial charge in [0.05, 0.1) is 5.69 Å². The Bertz CT molecular complexity index is 312. The predicted octanol–water partition coefficient (Wildman–Crippen LogP) is 1.96. The topological polar surface area (TPSA) is 40.7 Å². The van der Waals surface area contributed by atoms with E-state index in [4.69, 9.17) is 0 Å². The lowest BCUT2D eigenvalue weighted by molar-refractivity contribution is 0.682. The van der Waals surface area contributed by atoms with Gasteiger partial charge in [0.15, 0.2) is 0 Å². The van der Waals surface area contributed by atoms with Crippen LogP contribution in [0.5, 0.6) is 0 Å². The molecule has 16 heavy (non-hydrogen) atoms. The second-order valence-corrected chi connectivity index (χ2v) is 6.67. The van der Waals surface area contributed by atoms with E-state index in [1.54, 1.807) is 0 Å². The van der Waals surface area contributed by atoms with Crippen LogP contribution in [0.3, 0.4) is 0 Å². The van der Waals surface area contributed by atoms with Gasteiger partial charge in [0.2, 0.25) is 0 Å². The Morgan fingerprint density at radius 1 is 1.44 bits per heavy atom. The first kappa shape index (κ1) is 12.3. The van der Waals surface area contributed by atoms with Crippen LogP contribution in [0.1, 0.15) is 17.0 Å². The van der Waals surface area contributed by atoms with E-state index in [1.165, 1.54) is 28.5 Å². The molecule has 0 aromatic carbocycles. The van der Waals surface area contributed by atoms with Gasteiger partial charge >= 0.3 is 0 Å². The molecule has 1 aliphatic rings. The lowest BCUT2D eigenvalue weighted by atomic mass is 10.2. The van der Waals surface area contributed by atoms with Crippen molar-refractivity contribution < 1.29 is 0 Å². The SMILES string of the molecule is Cc1n[nH]c(C)c1CNCC1CSCCS1. The molecular formula is C11H19N3S2.